The fraction of sp³-hybridized carbons (Fsp3) is 0.273. The summed E-state index contributed by atoms with van der Waals surface area (Å²) in [5.74, 6) is 0. The highest BCUT2D eigenvalue weighted by Crippen LogP contribution is 2.01. The first kappa shape index (κ1) is 10.4. The lowest BCUT2D eigenvalue weighted by Crippen LogP contribution is -2.05. The van der Waals surface area contributed by atoms with E-state index in [1.807, 2.05) is 25.3 Å². The normalized spacial score (nSPS) is 10.3. The number of rotatable bonds is 4. The Hall–Kier alpha value is -1.66. The average Bonchev–Trinajstić information content (AvgIpc) is 2.25. The number of pyridine rings is 1. The number of hydrogen-bond acceptors (Lipinski definition) is 3. The predicted molar refractivity (Wildman–Crippen MR) is 56.5 cm³/mol. The van der Waals surface area contributed by atoms with Gasteiger partial charge in [0.2, 0.25) is 0 Å². The largest absolute Gasteiger partial charge is 0.319 e. The summed E-state index contributed by atoms with van der Waals surface area (Å²) in [7, 11) is 1.92. The van der Waals surface area contributed by atoms with Crippen molar-refractivity contribution in [3.63, 3.8) is 0 Å². The van der Waals surface area contributed by atoms with Crippen molar-refractivity contribution in [3.05, 3.63) is 35.7 Å². The quantitative estimate of drug-likeness (QED) is 0.728. The molecule has 0 fully saturated rings. The molecule has 0 aliphatic rings. The van der Waals surface area contributed by atoms with E-state index in [0.29, 0.717) is 5.56 Å². The van der Waals surface area contributed by atoms with E-state index >= 15 is 0 Å². The molecule has 0 radical (unpaired) electrons. The molecule has 1 aromatic heterocycles. The predicted octanol–water partition coefficient (Wildman–Crippen LogP) is 1.58. The number of nitrogens with zero attached hydrogens (tertiary/aromatic N) is 2. The van der Waals surface area contributed by atoms with Crippen LogP contribution in [0.4, 0.5) is 0 Å². The van der Waals surface area contributed by atoms with Crippen LogP contribution < -0.4 is 5.32 Å². The van der Waals surface area contributed by atoms with Crippen molar-refractivity contribution in [1.82, 2.24) is 10.3 Å². The van der Waals surface area contributed by atoms with Gasteiger partial charge in [0, 0.05) is 6.20 Å². The standard InChI is InChI=1S/C11H13N3/c1-13-7-3-2-4-11-6-5-10(8-12)9-14-11/h2,4-6,9,13H,3,7H2,1H3. The molecule has 0 atom stereocenters. The molecular weight excluding hydrogens is 174 g/mol. The van der Waals surface area contributed by atoms with E-state index in [2.05, 4.69) is 16.4 Å². The molecule has 3 nitrogen and oxygen atoms in total. The number of nitriles is 1. The molecule has 0 saturated heterocycles. The Morgan fingerprint density at radius 1 is 1.57 bits per heavy atom. The fourth-order valence-corrected chi connectivity index (χ4v) is 1.00. The van der Waals surface area contributed by atoms with Crippen LogP contribution in [0.15, 0.2) is 24.4 Å². The number of nitrogens with one attached hydrogen (secondary N) is 1. The highest BCUT2D eigenvalue weighted by atomic mass is 14.8. The van der Waals surface area contributed by atoms with Crippen molar-refractivity contribution in [3.8, 4) is 6.07 Å². The average molecular weight is 187 g/mol. The molecule has 0 amide bonds. The van der Waals surface area contributed by atoms with Gasteiger partial charge in [-0.2, -0.15) is 5.26 Å². The zero-order valence-corrected chi connectivity index (χ0v) is 8.20. The number of aromatic nitrogens is 1. The van der Waals surface area contributed by atoms with Gasteiger partial charge in [0.15, 0.2) is 0 Å². The lowest BCUT2D eigenvalue weighted by Gasteiger charge is -1.93. The molecule has 1 aromatic rings. The minimum absolute atomic E-state index is 0.595. The second-order valence-electron chi connectivity index (χ2n) is 2.88. The van der Waals surface area contributed by atoms with Crippen molar-refractivity contribution in [2.45, 2.75) is 6.42 Å². The highest BCUT2D eigenvalue weighted by molar-refractivity contribution is 5.45. The second-order valence-corrected chi connectivity index (χ2v) is 2.88. The van der Waals surface area contributed by atoms with Crippen LogP contribution in [0.3, 0.4) is 0 Å². The molecule has 72 valence electrons. The third kappa shape index (κ3) is 3.38. The summed E-state index contributed by atoms with van der Waals surface area (Å²) in [6.45, 7) is 0.965. The first-order valence-electron chi connectivity index (χ1n) is 4.54. The Morgan fingerprint density at radius 2 is 2.43 bits per heavy atom. The molecule has 0 aliphatic heterocycles. The fourth-order valence-electron chi connectivity index (χ4n) is 1.00. The Balaban J connectivity index is 2.52. The van der Waals surface area contributed by atoms with Gasteiger partial charge in [0.05, 0.1) is 11.3 Å². The molecule has 0 aromatic carbocycles. The van der Waals surface area contributed by atoms with Crippen molar-refractivity contribution in [2.75, 3.05) is 13.6 Å². The third-order valence-corrected chi connectivity index (χ3v) is 1.77. The summed E-state index contributed by atoms with van der Waals surface area (Å²) >= 11 is 0. The maximum atomic E-state index is 8.56. The van der Waals surface area contributed by atoms with Crippen molar-refractivity contribution in [1.29, 1.82) is 5.26 Å². The summed E-state index contributed by atoms with van der Waals surface area (Å²) in [6.07, 6.45) is 6.58. The van der Waals surface area contributed by atoms with Gasteiger partial charge in [-0.3, -0.25) is 4.98 Å². The Bertz CT molecular complexity index is 333. The number of hydrogen-bond donors (Lipinski definition) is 1. The van der Waals surface area contributed by atoms with Crippen molar-refractivity contribution >= 4 is 6.08 Å². The highest BCUT2D eigenvalue weighted by Gasteiger charge is 1.90. The lowest BCUT2D eigenvalue weighted by molar-refractivity contribution is 0.809. The van der Waals surface area contributed by atoms with E-state index in [1.54, 1.807) is 12.3 Å². The van der Waals surface area contributed by atoms with Gasteiger partial charge in [-0.25, -0.2) is 0 Å². The maximum Gasteiger partial charge on any atom is 0.101 e. The van der Waals surface area contributed by atoms with E-state index in [1.165, 1.54) is 0 Å². The van der Waals surface area contributed by atoms with Crippen LogP contribution in [0.5, 0.6) is 0 Å². The van der Waals surface area contributed by atoms with E-state index in [-0.39, 0.29) is 0 Å². The van der Waals surface area contributed by atoms with Crippen molar-refractivity contribution < 1.29 is 0 Å². The van der Waals surface area contributed by atoms with Crippen LogP contribution in [0.25, 0.3) is 6.08 Å². The third-order valence-electron chi connectivity index (χ3n) is 1.77. The van der Waals surface area contributed by atoms with Gasteiger partial charge in [0.25, 0.3) is 0 Å². The van der Waals surface area contributed by atoms with Gasteiger partial charge < -0.3 is 5.32 Å². The van der Waals surface area contributed by atoms with Crippen molar-refractivity contribution in [2.24, 2.45) is 0 Å². The molecule has 0 unspecified atom stereocenters. The summed E-state index contributed by atoms with van der Waals surface area (Å²) < 4.78 is 0. The van der Waals surface area contributed by atoms with Crippen LogP contribution >= 0.6 is 0 Å². The molecule has 1 rings (SSSR count). The zero-order chi connectivity index (χ0) is 10.2. The molecule has 0 saturated carbocycles. The second kappa shape index (κ2) is 5.90. The first-order valence-corrected chi connectivity index (χ1v) is 4.54. The molecule has 1 heterocycles. The summed E-state index contributed by atoms with van der Waals surface area (Å²) in [5.41, 5.74) is 1.48. The monoisotopic (exact) mass is 187 g/mol. The van der Waals surface area contributed by atoms with Crippen LogP contribution in [0.1, 0.15) is 17.7 Å². The van der Waals surface area contributed by atoms with Gasteiger partial charge in [-0.05, 0) is 38.2 Å². The smallest absolute Gasteiger partial charge is 0.101 e. The Morgan fingerprint density at radius 3 is 3.00 bits per heavy atom. The summed E-state index contributed by atoms with van der Waals surface area (Å²) in [6, 6.07) is 5.64. The molecule has 3 heteroatoms. The topological polar surface area (TPSA) is 48.7 Å². The van der Waals surface area contributed by atoms with Gasteiger partial charge in [-0.1, -0.05) is 6.08 Å². The summed E-state index contributed by atoms with van der Waals surface area (Å²) in [4.78, 5) is 4.12. The van der Waals surface area contributed by atoms with Gasteiger partial charge in [-0.15, -0.1) is 0 Å². The minimum Gasteiger partial charge on any atom is -0.319 e. The van der Waals surface area contributed by atoms with Crippen LogP contribution in [0, 0.1) is 11.3 Å². The lowest BCUT2D eigenvalue weighted by atomic mass is 10.2. The molecule has 14 heavy (non-hydrogen) atoms. The van der Waals surface area contributed by atoms with E-state index < -0.39 is 0 Å². The first-order chi connectivity index (χ1) is 6.86. The van der Waals surface area contributed by atoms with Gasteiger partial charge >= 0.3 is 0 Å². The molecule has 0 aliphatic carbocycles. The minimum atomic E-state index is 0.595. The van der Waals surface area contributed by atoms with Crippen LogP contribution in [0.2, 0.25) is 0 Å². The van der Waals surface area contributed by atoms with Crippen LogP contribution in [-0.4, -0.2) is 18.6 Å². The maximum absolute atomic E-state index is 8.56. The molecule has 0 bridgehead atoms. The molecule has 1 N–H and O–H groups in total. The zero-order valence-electron chi connectivity index (χ0n) is 8.20. The Kier molecular flexibility index (Phi) is 4.39. The Labute approximate surface area is 84.1 Å². The van der Waals surface area contributed by atoms with E-state index in [4.69, 9.17) is 5.26 Å². The summed E-state index contributed by atoms with van der Waals surface area (Å²) in [5, 5.41) is 11.6. The van der Waals surface area contributed by atoms with Gasteiger partial charge in [0.1, 0.15) is 6.07 Å². The van der Waals surface area contributed by atoms with E-state index in [9.17, 15) is 0 Å². The molecule has 0 spiro atoms. The molecular formula is C11H13N3. The SMILES string of the molecule is CNCCC=Cc1ccc(C#N)cn1. The van der Waals surface area contributed by atoms with Crippen LogP contribution in [-0.2, 0) is 0 Å². The van der Waals surface area contributed by atoms with E-state index in [0.717, 1.165) is 18.7 Å².